The van der Waals surface area contributed by atoms with Crippen molar-refractivity contribution in [3.05, 3.63) is 65.7 Å². The summed E-state index contributed by atoms with van der Waals surface area (Å²) in [4.78, 5) is 12.0. The van der Waals surface area contributed by atoms with E-state index in [0.717, 1.165) is 11.3 Å². The Morgan fingerprint density at radius 1 is 1.14 bits per heavy atom. The van der Waals surface area contributed by atoms with Crippen LogP contribution >= 0.6 is 0 Å². The Morgan fingerprint density at radius 3 is 2.55 bits per heavy atom. The average molecular weight is 299 g/mol. The number of rotatable bonds is 7. The molecule has 4 heteroatoms. The average Bonchev–Trinajstić information content (AvgIpc) is 2.58. The Hall–Kier alpha value is -2.33. The Bertz CT molecular complexity index is 599. The molecule has 0 heterocycles. The van der Waals surface area contributed by atoms with Gasteiger partial charge in [-0.1, -0.05) is 48.5 Å². The highest BCUT2D eigenvalue weighted by Gasteiger charge is 2.11. The van der Waals surface area contributed by atoms with Crippen LogP contribution in [-0.2, 0) is 11.3 Å². The number of benzene rings is 2. The topological polar surface area (TPSA) is 54.9 Å². The van der Waals surface area contributed by atoms with Crippen molar-refractivity contribution in [1.82, 2.24) is 5.32 Å². The number of quaternary nitrogens is 1. The fourth-order valence-corrected chi connectivity index (χ4v) is 2.29. The number of carbonyl (C=O) groups is 1. The molecule has 22 heavy (non-hydrogen) atoms. The summed E-state index contributed by atoms with van der Waals surface area (Å²) in [5.41, 5.74) is 2.20. The summed E-state index contributed by atoms with van der Waals surface area (Å²) in [7, 11) is 1.63. The molecule has 2 aromatic rings. The quantitative estimate of drug-likeness (QED) is 0.816. The van der Waals surface area contributed by atoms with Crippen LogP contribution in [0.2, 0.25) is 0 Å². The third kappa shape index (κ3) is 4.60. The maximum absolute atomic E-state index is 12.0. The van der Waals surface area contributed by atoms with Crippen LogP contribution in [0.4, 0.5) is 0 Å². The van der Waals surface area contributed by atoms with E-state index < -0.39 is 0 Å². The van der Waals surface area contributed by atoms with Crippen LogP contribution in [0.15, 0.2) is 54.6 Å². The summed E-state index contributed by atoms with van der Waals surface area (Å²) in [6, 6.07) is 18.1. The first kappa shape index (κ1) is 16.0. The van der Waals surface area contributed by atoms with Crippen molar-refractivity contribution in [2.24, 2.45) is 0 Å². The highest BCUT2D eigenvalue weighted by Crippen LogP contribution is 2.16. The van der Waals surface area contributed by atoms with E-state index in [1.165, 1.54) is 5.56 Å². The monoisotopic (exact) mass is 299 g/mol. The number of methoxy groups -OCH3 is 1. The number of ether oxygens (including phenoxy) is 1. The number of hydrogen-bond donors (Lipinski definition) is 2. The normalized spacial score (nSPS) is 11.7. The van der Waals surface area contributed by atoms with E-state index in [1.807, 2.05) is 47.8 Å². The molecule has 1 atom stereocenters. The highest BCUT2D eigenvalue weighted by molar-refractivity contribution is 5.76. The van der Waals surface area contributed by atoms with Crippen LogP contribution in [0.5, 0.6) is 5.75 Å². The molecule has 0 fully saturated rings. The Kier molecular flexibility index (Phi) is 5.98. The zero-order chi connectivity index (χ0) is 15.8. The van der Waals surface area contributed by atoms with Gasteiger partial charge in [0.1, 0.15) is 11.8 Å². The molecule has 0 aliphatic rings. The minimum Gasteiger partial charge on any atom is -0.496 e. The summed E-state index contributed by atoms with van der Waals surface area (Å²) in [6.45, 7) is 2.99. The molecule has 1 amide bonds. The largest absolute Gasteiger partial charge is 0.496 e. The molecule has 0 aromatic heterocycles. The maximum Gasteiger partial charge on any atom is 0.275 e. The number of carbonyl (C=O) groups excluding carboxylic acids is 1. The van der Waals surface area contributed by atoms with Crippen LogP contribution < -0.4 is 15.4 Å². The minimum absolute atomic E-state index is 0.0219. The lowest BCUT2D eigenvalue weighted by atomic mass is 10.1. The molecule has 0 radical (unpaired) electrons. The van der Waals surface area contributed by atoms with Crippen molar-refractivity contribution in [1.29, 1.82) is 0 Å². The first-order valence-electron chi connectivity index (χ1n) is 7.47. The van der Waals surface area contributed by atoms with Gasteiger partial charge in [0.15, 0.2) is 6.54 Å². The van der Waals surface area contributed by atoms with Crippen LogP contribution in [-0.4, -0.2) is 19.6 Å². The number of nitrogens with one attached hydrogen (secondary N) is 1. The first-order valence-corrected chi connectivity index (χ1v) is 7.47. The molecule has 0 unspecified atom stereocenters. The van der Waals surface area contributed by atoms with E-state index in [2.05, 4.69) is 24.4 Å². The van der Waals surface area contributed by atoms with Crippen LogP contribution in [0.3, 0.4) is 0 Å². The predicted molar refractivity (Wildman–Crippen MR) is 86.5 cm³/mol. The molecular weight excluding hydrogens is 276 g/mol. The van der Waals surface area contributed by atoms with E-state index >= 15 is 0 Å². The van der Waals surface area contributed by atoms with Gasteiger partial charge in [-0.3, -0.25) is 4.79 Å². The summed E-state index contributed by atoms with van der Waals surface area (Å²) in [5.74, 6) is 0.818. The molecule has 0 saturated heterocycles. The second-order valence-electron chi connectivity index (χ2n) is 5.23. The Labute approximate surface area is 131 Å². The number of nitrogens with two attached hydrogens (primary N) is 1. The van der Waals surface area contributed by atoms with Gasteiger partial charge in [-0.05, 0) is 13.0 Å². The predicted octanol–water partition coefficient (Wildman–Crippen LogP) is 1.64. The molecule has 3 N–H and O–H groups in total. The maximum atomic E-state index is 12.0. The van der Waals surface area contributed by atoms with Gasteiger partial charge < -0.3 is 15.4 Å². The molecule has 2 aromatic carbocycles. The van der Waals surface area contributed by atoms with Gasteiger partial charge in [-0.25, -0.2) is 0 Å². The van der Waals surface area contributed by atoms with Crippen molar-refractivity contribution in [3.8, 4) is 5.75 Å². The number of para-hydroxylation sites is 1. The molecule has 0 aliphatic heterocycles. The number of amides is 1. The van der Waals surface area contributed by atoms with Crippen molar-refractivity contribution in [3.63, 3.8) is 0 Å². The fraction of sp³-hybridized carbons (Fsp3) is 0.278. The molecule has 2 rings (SSSR count). The van der Waals surface area contributed by atoms with Crippen LogP contribution in [0, 0.1) is 0 Å². The van der Waals surface area contributed by atoms with Gasteiger partial charge in [0, 0.05) is 17.7 Å². The van der Waals surface area contributed by atoms with Crippen LogP contribution in [0.25, 0.3) is 0 Å². The highest BCUT2D eigenvalue weighted by atomic mass is 16.5. The van der Waals surface area contributed by atoms with Crippen molar-refractivity contribution in [2.45, 2.75) is 19.5 Å². The lowest BCUT2D eigenvalue weighted by molar-refractivity contribution is -0.682. The van der Waals surface area contributed by atoms with Gasteiger partial charge in [0.2, 0.25) is 0 Å². The Morgan fingerprint density at radius 2 is 1.82 bits per heavy atom. The SMILES string of the molecule is COc1ccccc1CNC(=O)C[NH2+][C@H](C)c1ccccc1. The van der Waals surface area contributed by atoms with Gasteiger partial charge in [0.05, 0.1) is 7.11 Å². The summed E-state index contributed by atoms with van der Waals surface area (Å²) < 4.78 is 5.27. The zero-order valence-corrected chi connectivity index (χ0v) is 13.1. The van der Waals surface area contributed by atoms with Gasteiger partial charge in [0.25, 0.3) is 5.91 Å². The molecule has 4 nitrogen and oxygen atoms in total. The third-order valence-corrected chi connectivity index (χ3v) is 3.65. The molecule has 0 saturated carbocycles. The summed E-state index contributed by atoms with van der Waals surface area (Å²) in [5, 5.41) is 4.96. The summed E-state index contributed by atoms with van der Waals surface area (Å²) in [6.07, 6.45) is 0. The second kappa shape index (κ2) is 8.20. The van der Waals surface area contributed by atoms with Crippen molar-refractivity contribution < 1.29 is 14.8 Å². The zero-order valence-electron chi connectivity index (χ0n) is 13.1. The van der Waals surface area contributed by atoms with Gasteiger partial charge in [-0.2, -0.15) is 0 Å². The summed E-state index contributed by atoms with van der Waals surface area (Å²) >= 11 is 0. The molecule has 0 spiro atoms. The molecule has 0 bridgehead atoms. The van der Waals surface area contributed by atoms with E-state index in [9.17, 15) is 4.79 Å². The Balaban J connectivity index is 1.79. The molecule has 0 aliphatic carbocycles. The smallest absolute Gasteiger partial charge is 0.275 e. The minimum atomic E-state index is 0.0219. The standard InChI is InChI=1S/C18H22N2O2/c1-14(15-8-4-3-5-9-15)19-13-18(21)20-12-16-10-6-7-11-17(16)22-2/h3-11,14,19H,12-13H2,1-2H3,(H,20,21)/p+1/t14-/m1/s1. The molecular formula is C18H23N2O2+. The van der Waals surface area contributed by atoms with Crippen molar-refractivity contribution in [2.75, 3.05) is 13.7 Å². The second-order valence-corrected chi connectivity index (χ2v) is 5.23. The number of hydrogen-bond acceptors (Lipinski definition) is 2. The molecule has 116 valence electrons. The van der Waals surface area contributed by atoms with Gasteiger partial charge >= 0.3 is 0 Å². The first-order chi connectivity index (χ1) is 10.7. The van der Waals surface area contributed by atoms with Gasteiger partial charge in [-0.15, -0.1) is 0 Å². The van der Waals surface area contributed by atoms with Crippen molar-refractivity contribution >= 4 is 5.91 Å². The fourth-order valence-electron chi connectivity index (χ4n) is 2.29. The van der Waals surface area contributed by atoms with E-state index in [1.54, 1.807) is 7.11 Å². The van der Waals surface area contributed by atoms with Crippen LogP contribution in [0.1, 0.15) is 24.1 Å². The van der Waals surface area contributed by atoms with E-state index in [4.69, 9.17) is 4.74 Å². The van der Waals surface area contributed by atoms with E-state index in [0.29, 0.717) is 13.1 Å². The van der Waals surface area contributed by atoms with E-state index in [-0.39, 0.29) is 11.9 Å². The lowest BCUT2D eigenvalue weighted by Gasteiger charge is -2.12. The lowest BCUT2D eigenvalue weighted by Crippen LogP contribution is -2.87. The third-order valence-electron chi connectivity index (χ3n) is 3.65.